The SMILES string of the molecule is CCn1cc(CCC2NCC3CCCC32)cn1. The van der Waals surface area contributed by atoms with Crippen molar-refractivity contribution in [3.63, 3.8) is 0 Å². The number of hydrogen-bond donors (Lipinski definition) is 1. The van der Waals surface area contributed by atoms with Gasteiger partial charge in [0.05, 0.1) is 6.20 Å². The number of nitrogens with one attached hydrogen (secondary N) is 1. The molecule has 3 rings (SSSR count). The maximum atomic E-state index is 4.34. The molecule has 3 atom stereocenters. The second-order valence-electron chi connectivity index (χ2n) is 5.61. The van der Waals surface area contributed by atoms with Crippen LogP contribution in [0.1, 0.15) is 38.2 Å². The molecule has 1 aromatic rings. The third kappa shape index (κ3) is 2.25. The monoisotopic (exact) mass is 233 g/mol. The molecule has 94 valence electrons. The molecule has 1 saturated carbocycles. The zero-order valence-corrected chi connectivity index (χ0v) is 10.7. The van der Waals surface area contributed by atoms with Gasteiger partial charge in [0.15, 0.2) is 0 Å². The molecule has 1 saturated heterocycles. The van der Waals surface area contributed by atoms with Gasteiger partial charge in [0.25, 0.3) is 0 Å². The van der Waals surface area contributed by atoms with E-state index in [0.717, 1.165) is 24.4 Å². The van der Waals surface area contributed by atoms with Crippen molar-refractivity contribution >= 4 is 0 Å². The second-order valence-corrected chi connectivity index (χ2v) is 5.61. The topological polar surface area (TPSA) is 29.9 Å². The number of hydrogen-bond acceptors (Lipinski definition) is 2. The molecule has 0 aromatic carbocycles. The molecule has 3 heteroatoms. The summed E-state index contributed by atoms with van der Waals surface area (Å²) in [6.07, 6.45) is 11.1. The van der Waals surface area contributed by atoms with Gasteiger partial charge in [-0.25, -0.2) is 0 Å². The van der Waals surface area contributed by atoms with E-state index in [2.05, 4.69) is 23.5 Å². The first-order valence-electron chi connectivity index (χ1n) is 7.11. The fourth-order valence-electron chi connectivity index (χ4n) is 3.65. The van der Waals surface area contributed by atoms with Crippen LogP contribution in [0.15, 0.2) is 12.4 Å². The van der Waals surface area contributed by atoms with E-state index in [1.54, 1.807) is 0 Å². The molecule has 2 fully saturated rings. The van der Waals surface area contributed by atoms with Gasteiger partial charge in [0, 0.05) is 18.8 Å². The maximum absolute atomic E-state index is 4.34. The molecule has 3 unspecified atom stereocenters. The summed E-state index contributed by atoms with van der Waals surface area (Å²) in [6.45, 7) is 4.38. The van der Waals surface area contributed by atoms with Gasteiger partial charge in [-0.15, -0.1) is 0 Å². The Morgan fingerprint density at radius 1 is 1.47 bits per heavy atom. The van der Waals surface area contributed by atoms with Crippen molar-refractivity contribution in [1.29, 1.82) is 0 Å². The summed E-state index contributed by atoms with van der Waals surface area (Å²) < 4.78 is 2.02. The molecule has 1 aliphatic heterocycles. The minimum Gasteiger partial charge on any atom is -0.313 e. The lowest BCUT2D eigenvalue weighted by Crippen LogP contribution is -2.27. The number of aromatic nitrogens is 2. The zero-order valence-electron chi connectivity index (χ0n) is 10.7. The fraction of sp³-hybridized carbons (Fsp3) is 0.786. The quantitative estimate of drug-likeness (QED) is 0.864. The van der Waals surface area contributed by atoms with Crippen molar-refractivity contribution < 1.29 is 0 Å². The molecule has 1 aliphatic carbocycles. The molecule has 2 aliphatic rings. The lowest BCUT2D eigenvalue weighted by atomic mass is 9.91. The van der Waals surface area contributed by atoms with Crippen molar-refractivity contribution in [2.24, 2.45) is 11.8 Å². The first-order chi connectivity index (χ1) is 8.36. The summed E-state index contributed by atoms with van der Waals surface area (Å²) in [4.78, 5) is 0. The van der Waals surface area contributed by atoms with Gasteiger partial charge >= 0.3 is 0 Å². The highest BCUT2D eigenvalue weighted by atomic mass is 15.3. The Labute approximate surface area is 104 Å². The van der Waals surface area contributed by atoms with Crippen LogP contribution in [0.5, 0.6) is 0 Å². The standard InChI is InChI=1S/C14H23N3/c1-2-17-10-11(8-16-17)6-7-14-13-5-3-4-12(13)9-15-14/h8,10,12-15H,2-7,9H2,1H3. The summed E-state index contributed by atoms with van der Waals surface area (Å²) in [5.74, 6) is 1.95. The van der Waals surface area contributed by atoms with Gasteiger partial charge in [-0.3, -0.25) is 4.68 Å². The lowest BCUT2D eigenvalue weighted by Gasteiger charge is -2.17. The Kier molecular flexibility index (Phi) is 3.19. The Hall–Kier alpha value is -0.830. The van der Waals surface area contributed by atoms with Gasteiger partial charge in [0.2, 0.25) is 0 Å². The smallest absolute Gasteiger partial charge is 0.0521 e. The van der Waals surface area contributed by atoms with Gasteiger partial charge in [0.1, 0.15) is 0 Å². The third-order valence-corrected chi connectivity index (χ3v) is 4.63. The van der Waals surface area contributed by atoms with Gasteiger partial charge < -0.3 is 5.32 Å². The van der Waals surface area contributed by atoms with E-state index in [1.807, 2.05) is 10.9 Å². The van der Waals surface area contributed by atoms with E-state index in [0.29, 0.717) is 0 Å². The average Bonchev–Trinajstić information content (AvgIpc) is 3.03. The van der Waals surface area contributed by atoms with E-state index in [9.17, 15) is 0 Å². The molecule has 0 spiro atoms. The largest absolute Gasteiger partial charge is 0.313 e. The van der Waals surface area contributed by atoms with Crippen molar-refractivity contribution in [3.8, 4) is 0 Å². The van der Waals surface area contributed by atoms with E-state index < -0.39 is 0 Å². The Morgan fingerprint density at radius 2 is 2.41 bits per heavy atom. The molecular formula is C14H23N3. The van der Waals surface area contributed by atoms with Crippen LogP contribution in [0.2, 0.25) is 0 Å². The van der Waals surface area contributed by atoms with Gasteiger partial charge in [-0.2, -0.15) is 5.10 Å². The molecule has 2 heterocycles. The Morgan fingerprint density at radius 3 is 3.24 bits per heavy atom. The van der Waals surface area contributed by atoms with Crippen LogP contribution in [0.4, 0.5) is 0 Å². The summed E-state index contributed by atoms with van der Waals surface area (Å²) in [5.41, 5.74) is 1.40. The normalized spacial score (nSPS) is 31.9. The fourth-order valence-corrected chi connectivity index (χ4v) is 3.65. The first kappa shape index (κ1) is 11.3. The van der Waals surface area contributed by atoms with Gasteiger partial charge in [-0.1, -0.05) is 6.42 Å². The summed E-state index contributed by atoms with van der Waals surface area (Å²) in [5, 5.41) is 8.07. The van der Waals surface area contributed by atoms with Crippen molar-refractivity contribution in [2.45, 2.75) is 51.6 Å². The van der Waals surface area contributed by atoms with Crippen LogP contribution in [0.25, 0.3) is 0 Å². The van der Waals surface area contributed by atoms with Crippen LogP contribution in [-0.4, -0.2) is 22.4 Å². The minimum absolute atomic E-state index is 0.771. The van der Waals surface area contributed by atoms with E-state index in [4.69, 9.17) is 0 Å². The summed E-state index contributed by atoms with van der Waals surface area (Å²) in [6, 6.07) is 0.771. The number of fused-ring (bicyclic) bond motifs is 1. The molecule has 1 N–H and O–H groups in total. The zero-order chi connectivity index (χ0) is 11.7. The molecule has 0 radical (unpaired) electrons. The van der Waals surface area contributed by atoms with Crippen LogP contribution in [0.3, 0.4) is 0 Å². The van der Waals surface area contributed by atoms with E-state index in [1.165, 1.54) is 44.2 Å². The highest BCUT2D eigenvalue weighted by molar-refractivity contribution is 5.05. The molecule has 0 bridgehead atoms. The summed E-state index contributed by atoms with van der Waals surface area (Å²) >= 11 is 0. The minimum atomic E-state index is 0.771. The number of aryl methyl sites for hydroxylation is 2. The molecule has 17 heavy (non-hydrogen) atoms. The highest BCUT2D eigenvalue weighted by Gasteiger charge is 2.38. The Balaban J connectivity index is 1.54. The lowest BCUT2D eigenvalue weighted by molar-refractivity contribution is 0.393. The third-order valence-electron chi connectivity index (χ3n) is 4.63. The van der Waals surface area contributed by atoms with Crippen LogP contribution >= 0.6 is 0 Å². The van der Waals surface area contributed by atoms with Crippen LogP contribution in [-0.2, 0) is 13.0 Å². The molecule has 3 nitrogen and oxygen atoms in total. The molecule has 1 aromatic heterocycles. The van der Waals surface area contributed by atoms with Crippen molar-refractivity contribution in [3.05, 3.63) is 18.0 Å². The average molecular weight is 233 g/mol. The number of nitrogens with zero attached hydrogens (tertiary/aromatic N) is 2. The van der Waals surface area contributed by atoms with Crippen LogP contribution < -0.4 is 5.32 Å². The predicted molar refractivity (Wildman–Crippen MR) is 68.8 cm³/mol. The molecular weight excluding hydrogens is 210 g/mol. The van der Waals surface area contributed by atoms with Crippen LogP contribution in [0, 0.1) is 11.8 Å². The van der Waals surface area contributed by atoms with Crippen molar-refractivity contribution in [2.75, 3.05) is 6.54 Å². The van der Waals surface area contributed by atoms with E-state index in [-0.39, 0.29) is 0 Å². The first-order valence-corrected chi connectivity index (χ1v) is 7.11. The van der Waals surface area contributed by atoms with E-state index >= 15 is 0 Å². The Bertz CT molecular complexity index is 371. The molecule has 0 amide bonds. The van der Waals surface area contributed by atoms with Gasteiger partial charge in [-0.05, 0) is 56.6 Å². The highest BCUT2D eigenvalue weighted by Crippen LogP contribution is 2.38. The summed E-state index contributed by atoms with van der Waals surface area (Å²) in [7, 11) is 0. The maximum Gasteiger partial charge on any atom is 0.0521 e. The predicted octanol–water partition coefficient (Wildman–Crippen LogP) is 2.22. The second kappa shape index (κ2) is 4.81. The van der Waals surface area contributed by atoms with Crippen molar-refractivity contribution in [1.82, 2.24) is 15.1 Å². The number of rotatable bonds is 4.